The fourth-order valence-corrected chi connectivity index (χ4v) is 1.48. The summed E-state index contributed by atoms with van der Waals surface area (Å²) in [6, 6.07) is 2.61. The SMILES string of the molecule is COc1cc(O)c(C(O)C(O)C(N)=O)c(OC)c1. The summed E-state index contributed by atoms with van der Waals surface area (Å²) in [5.74, 6) is -1.12. The van der Waals surface area contributed by atoms with Gasteiger partial charge in [-0.1, -0.05) is 0 Å². The zero-order valence-corrected chi connectivity index (χ0v) is 9.95. The number of phenols is 1. The van der Waals surface area contributed by atoms with Crippen LogP contribution in [0.5, 0.6) is 17.2 Å². The van der Waals surface area contributed by atoms with Crippen molar-refractivity contribution in [3.05, 3.63) is 17.7 Å². The van der Waals surface area contributed by atoms with Crippen LogP contribution in [-0.4, -0.2) is 41.6 Å². The smallest absolute Gasteiger partial charge is 0.249 e. The second-order valence-corrected chi connectivity index (χ2v) is 3.55. The molecule has 7 heteroatoms. The maximum absolute atomic E-state index is 10.8. The van der Waals surface area contributed by atoms with Crippen LogP contribution >= 0.6 is 0 Å². The summed E-state index contributed by atoms with van der Waals surface area (Å²) >= 11 is 0. The first kappa shape index (κ1) is 14.1. The Kier molecular flexibility index (Phi) is 4.35. The Bertz CT molecular complexity index is 447. The molecule has 0 aliphatic rings. The lowest BCUT2D eigenvalue weighted by Gasteiger charge is -2.19. The normalized spacial score (nSPS) is 13.8. The molecule has 0 aliphatic carbocycles. The molecule has 5 N–H and O–H groups in total. The molecule has 1 rings (SSSR count). The highest BCUT2D eigenvalue weighted by Gasteiger charge is 2.29. The van der Waals surface area contributed by atoms with Gasteiger partial charge in [0, 0.05) is 12.1 Å². The van der Waals surface area contributed by atoms with Gasteiger partial charge in [-0.05, 0) is 0 Å². The number of hydrogen-bond acceptors (Lipinski definition) is 6. The van der Waals surface area contributed by atoms with Crippen LogP contribution in [0.2, 0.25) is 0 Å². The standard InChI is InChI=1S/C11H15NO6/c1-17-5-3-6(13)8(7(4-5)18-2)9(14)10(15)11(12)16/h3-4,9-10,13-15H,1-2H3,(H2,12,16). The number of aromatic hydroxyl groups is 1. The van der Waals surface area contributed by atoms with Crippen LogP contribution in [0.3, 0.4) is 0 Å². The minimum Gasteiger partial charge on any atom is -0.507 e. The summed E-state index contributed by atoms with van der Waals surface area (Å²) < 4.78 is 9.86. The van der Waals surface area contributed by atoms with Crippen LogP contribution in [0.4, 0.5) is 0 Å². The lowest BCUT2D eigenvalue weighted by atomic mass is 10.0. The van der Waals surface area contributed by atoms with Crippen molar-refractivity contribution in [2.24, 2.45) is 5.73 Å². The van der Waals surface area contributed by atoms with E-state index in [0.29, 0.717) is 5.75 Å². The Morgan fingerprint density at radius 2 is 1.89 bits per heavy atom. The van der Waals surface area contributed by atoms with Crippen LogP contribution in [0.1, 0.15) is 11.7 Å². The Morgan fingerprint density at radius 3 is 2.33 bits per heavy atom. The van der Waals surface area contributed by atoms with Gasteiger partial charge in [-0.25, -0.2) is 0 Å². The summed E-state index contributed by atoms with van der Waals surface area (Å²) in [5.41, 5.74) is 4.74. The number of carbonyl (C=O) groups excluding carboxylic acids is 1. The van der Waals surface area contributed by atoms with E-state index in [-0.39, 0.29) is 17.1 Å². The fourth-order valence-electron chi connectivity index (χ4n) is 1.48. The molecule has 0 aliphatic heterocycles. The van der Waals surface area contributed by atoms with Crippen LogP contribution in [0, 0.1) is 0 Å². The number of amides is 1. The average Bonchev–Trinajstić information content (AvgIpc) is 2.35. The van der Waals surface area contributed by atoms with Gasteiger partial charge in [0.05, 0.1) is 19.8 Å². The molecule has 0 saturated heterocycles. The van der Waals surface area contributed by atoms with Gasteiger partial charge < -0.3 is 30.5 Å². The Balaban J connectivity index is 3.26. The van der Waals surface area contributed by atoms with Crippen molar-refractivity contribution in [2.45, 2.75) is 12.2 Å². The van der Waals surface area contributed by atoms with Gasteiger partial charge in [-0.2, -0.15) is 0 Å². The highest BCUT2D eigenvalue weighted by Crippen LogP contribution is 2.38. The van der Waals surface area contributed by atoms with Gasteiger partial charge in [-0.15, -0.1) is 0 Å². The lowest BCUT2D eigenvalue weighted by molar-refractivity contribution is -0.132. The van der Waals surface area contributed by atoms with E-state index in [2.05, 4.69) is 0 Å². The Labute approximate surface area is 103 Å². The number of phenolic OH excluding ortho intramolecular Hbond substituents is 1. The number of aliphatic hydroxyl groups excluding tert-OH is 2. The molecular formula is C11H15NO6. The number of nitrogens with two attached hydrogens (primary N) is 1. The van der Waals surface area contributed by atoms with Crippen molar-refractivity contribution in [3.8, 4) is 17.2 Å². The topological polar surface area (TPSA) is 122 Å². The van der Waals surface area contributed by atoms with Gasteiger partial charge in [0.1, 0.15) is 23.4 Å². The molecule has 1 aromatic rings. The maximum Gasteiger partial charge on any atom is 0.249 e. The number of aliphatic hydroxyl groups is 2. The summed E-state index contributed by atoms with van der Waals surface area (Å²) in [7, 11) is 2.70. The van der Waals surface area contributed by atoms with E-state index < -0.39 is 18.1 Å². The molecule has 1 amide bonds. The van der Waals surface area contributed by atoms with E-state index >= 15 is 0 Å². The highest BCUT2D eigenvalue weighted by atomic mass is 16.5. The molecule has 100 valence electrons. The minimum atomic E-state index is -1.85. The molecule has 1 aromatic carbocycles. The second kappa shape index (κ2) is 5.56. The van der Waals surface area contributed by atoms with E-state index in [1.165, 1.54) is 26.4 Å². The quantitative estimate of drug-likeness (QED) is 0.552. The van der Waals surface area contributed by atoms with Crippen molar-refractivity contribution < 1.29 is 29.6 Å². The summed E-state index contributed by atoms with van der Waals surface area (Å²) in [5, 5.41) is 28.9. The van der Waals surface area contributed by atoms with Crippen molar-refractivity contribution in [1.82, 2.24) is 0 Å². The van der Waals surface area contributed by atoms with Crippen LogP contribution in [0.15, 0.2) is 12.1 Å². The van der Waals surface area contributed by atoms with Gasteiger partial charge in [-0.3, -0.25) is 4.79 Å². The summed E-state index contributed by atoms with van der Waals surface area (Å²) in [6.45, 7) is 0. The molecule has 0 heterocycles. The third-order valence-electron chi connectivity index (χ3n) is 2.44. The lowest BCUT2D eigenvalue weighted by Crippen LogP contribution is -2.34. The van der Waals surface area contributed by atoms with Crippen molar-refractivity contribution in [2.75, 3.05) is 14.2 Å². The molecule has 0 fully saturated rings. The highest BCUT2D eigenvalue weighted by molar-refractivity contribution is 5.79. The van der Waals surface area contributed by atoms with E-state index in [9.17, 15) is 20.1 Å². The zero-order valence-electron chi connectivity index (χ0n) is 9.95. The monoisotopic (exact) mass is 257 g/mol. The molecule has 0 spiro atoms. The van der Waals surface area contributed by atoms with Crippen molar-refractivity contribution >= 4 is 5.91 Å². The first-order chi connectivity index (χ1) is 8.42. The number of ether oxygens (including phenoxy) is 2. The fraction of sp³-hybridized carbons (Fsp3) is 0.364. The molecule has 18 heavy (non-hydrogen) atoms. The summed E-state index contributed by atoms with van der Waals surface area (Å²) in [6.07, 6.45) is -3.54. The largest absolute Gasteiger partial charge is 0.507 e. The predicted octanol–water partition coefficient (Wildman–Crippen LogP) is -0.711. The van der Waals surface area contributed by atoms with Crippen molar-refractivity contribution in [3.63, 3.8) is 0 Å². The van der Waals surface area contributed by atoms with Crippen LogP contribution in [0.25, 0.3) is 0 Å². The van der Waals surface area contributed by atoms with Gasteiger partial charge in [0.2, 0.25) is 5.91 Å². The number of primary amides is 1. The van der Waals surface area contributed by atoms with Crippen molar-refractivity contribution in [1.29, 1.82) is 0 Å². The molecule has 7 nitrogen and oxygen atoms in total. The molecule has 0 bridgehead atoms. The average molecular weight is 257 g/mol. The predicted molar refractivity (Wildman–Crippen MR) is 61.4 cm³/mol. The van der Waals surface area contributed by atoms with E-state index in [0.717, 1.165) is 0 Å². The number of methoxy groups -OCH3 is 2. The van der Waals surface area contributed by atoms with E-state index in [1.54, 1.807) is 0 Å². The number of rotatable bonds is 5. The van der Waals surface area contributed by atoms with E-state index in [1.807, 2.05) is 0 Å². The van der Waals surface area contributed by atoms with Crippen LogP contribution < -0.4 is 15.2 Å². The van der Waals surface area contributed by atoms with E-state index in [4.69, 9.17) is 15.2 Å². The van der Waals surface area contributed by atoms with Gasteiger partial charge in [0.25, 0.3) is 0 Å². The number of carbonyl (C=O) groups is 1. The first-order valence-corrected chi connectivity index (χ1v) is 5.02. The second-order valence-electron chi connectivity index (χ2n) is 3.55. The number of hydrogen-bond donors (Lipinski definition) is 4. The molecule has 0 radical (unpaired) electrons. The Hall–Kier alpha value is -1.99. The third-order valence-corrected chi connectivity index (χ3v) is 2.44. The zero-order chi connectivity index (χ0) is 13.9. The molecular weight excluding hydrogens is 242 g/mol. The Morgan fingerprint density at radius 1 is 1.28 bits per heavy atom. The molecule has 0 aromatic heterocycles. The summed E-state index contributed by atoms with van der Waals surface area (Å²) in [4.78, 5) is 10.8. The minimum absolute atomic E-state index is 0.0691. The van der Waals surface area contributed by atoms with Gasteiger partial charge >= 0.3 is 0 Å². The number of benzene rings is 1. The third kappa shape index (κ3) is 2.63. The van der Waals surface area contributed by atoms with Gasteiger partial charge in [0.15, 0.2) is 6.10 Å². The molecule has 0 saturated carbocycles. The maximum atomic E-state index is 10.8. The first-order valence-electron chi connectivity index (χ1n) is 5.02. The van der Waals surface area contributed by atoms with Crippen LogP contribution in [-0.2, 0) is 4.79 Å². The molecule has 2 atom stereocenters. The molecule has 2 unspecified atom stereocenters.